The van der Waals surface area contributed by atoms with Crippen LogP contribution < -0.4 is 10.6 Å². The molecule has 0 bridgehead atoms. The molecule has 1 saturated carbocycles. The maximum atomic E-state index is 11.8. The van der Waals surface area contributed by atoms with Crippen molar-refractivity contribution in [2.24, 2.45) is 0 Å². The molecule has 2 rings (SSSR count). The zero-order chi connectivity index (χ0) is 15.5. The highest BCUT2D eigenvalue weighted by Gasteiger charge is 2.27. The Bertz CT molecular complexity index is 494. The molecule has 1 aromatic rings. The summed E-state index contributed by atoms with van der Waals surface area (Å²) in [5.41, 5.74) is 1.96. The fourth-order valence-electron chi connectivity index (χ4n) is 2.69. The van der Waals surface area contributed by atoms with Crippen molar-refractivity contribution in [3.05, 3.63) is 29.8 Å². The number of hydrogen-bond donors (Lipinski definition) is 2. The van der Waals surface area contributed by atoms with Crippen LogP contribution in [0.1, 0.15) is 45.6 Å². The van der Waals surface area contributed by atoms with Gasteiger partial charge in [0.25, 0.3) is 0 Å². The Labute approximate surface area is 127 Å². The topological polar surface area (TPSA) is 50.4 Å². The highest BCUT2D eigenvalue weighted by Crippen LogP contribution is 2.24. The van der Waals surface area contributed by atoms with Gasteiger partial charge in [0.15, 0.2) is 0 Å². The summed E-state index contributed by atoms with van der Waals surface area (Å²) in [7, 11) is 0. The molecule has 0 heterocycles. The Morgan fingerprint density at radius 2 is 1.95 bits per heavy atom. The van der Waals surface area contributed by atoms with E-state index in [1.54, 1.807) is 0 Å². The van der Waals surface area contributed by atoms with E-state index in [9.17, 15) is 4.79 Å². The minimum atomic E-state index is -0.443. The Kier molecular flexibility index (Phi) is 4.76. The number of rotatable bonds is 3. The van der Waals surface area contributed by atoms with E-state index in [0.29, 0.717) is 6.04 Å². The van der Waals surface area contributed by atoms with Crippen molar-refractivity contribution in [1.82, 2.24) is 5.32 Å². The number of hydrogen-bond acceptors (Lipinski definition) is 3. The Hall–Kier alpha value is -1.71. The van der Waals surface area contributed by atoms with Crippen LogP contribution in [0.15, 0.2) is 24.3 Å². The highest BCUT2D eigenvalue weighted by atomic mass is 16.6. The Morgan fingerprint density at radius 3 is 2.62 bits per heavy atom. The van der Waals surface area contributed by atoms with E-state index < -0.39 is 5.60 Å². The first-order valence-electron chi connectivity index (χ1n) is 7.64. The molecule has 0 saturated heterocycles. The van der Waals surface area contributed by atoms with Crippen molar-refractivity contribution < 1.29 is 9.53 Å². The maximum Gasteiger partial charge on any atom is 0.407 e. The molecule has 0 aromatic heterocycles. The lowest BCUT2D eigenvalue weighted by Gasteiger charge is -2.22. The van der Waals surface area contributed by atoms with Gasteiger partial charge in [-0.15, -0.1) is 0 Å². The number of ether oxygens (including phenoxy) is 1. The summed E-state index contributed by atoms with van der Waals surface area (Å²) < 4.78 is 5.30. The molecule has 1 aromatic carbocycles. The van der Waals surface area contributed by atoms with Gasteiger partial charge < -0.3 is 15.4 Å². The van der Waals surface area contributed by atoms with Gasteiger partial charge in [0, 0.05) is 17.8 Å². The van der Waals surface area contributed by atoms with Gasteiger partial charge in [0.05, 0.1) is 0 Å². The monoisotopic (exact) mass is 290 g/mol. The maximum absolute atomic E-state index is 11.8. The molecule has 4 heteroatoms. The van der Waals surface area contributed by atoms with Crippen LogP contribution in [0.5, 0.6) is 0 Å². The number of alkyl carbamates (subject to hydrolysis) is 1. The van der Waals surface area contributed by atoms with E-state index in [1.165, 1.54) is 5.56 Å². The van der Waals surface area contributed by atoms with Crippen LogP contribution in [0.2, 0.25) is 0 Å². The fourth-order valence-corrected chi connectivity index (χ4v) is 2.69. The van der Waals surface area contributed by atoms with E-state index in [2.05, 4.69) is 41.8 Å². The summed E-state index contributed by atoms with van der Waals surface area (Å²) in [6.45, 7) is 7.72. The molecule has 0 spiro atoms. The van der Waals surface area contributed by atoms with Gasteiger partial charge in [-0.3, -0.25) is 0 Å². The third-order valence-corrected chi connectivity index (χ3v) is 3.54. The van der Waals surface area contributed by atoms with Crippen LogP contribution >= 0.6 is 0 Å². The molecule has 2 unspecified atom stereocenters. The number of carbonyl (C=O) groups excluding carboxylic acids is 1. The lowest BCUT2D eigenvalue weighted by atomic mass is 10.2. The molecule has 2 N–H and O–H groups in total. The van der Waals surface area contributed by atoms with Gasteiger partial charge in [-0.25, -0.2) is 4.79 Å². The van der Waals surface area contributed by atoms with Crippen LogP contribution in [0.25, 0.3) is 0 Å². The van der Waals surface area contributed by atoms with Gasteiger partial charge >= 0.3 is 6.09 Å². The number of amides is 1. The number of carbonyl (C=O) groups is 1. The van der Waals surface area contributed by atoms with Crippen molar-refractivity contribution in [3.63, 3.8) is 0 Å². The molecule has 1 amide bonds. The minimum Gasteiger partial charge on any atom is -0.444 e. The Balaban J connectivity index is 1.80. The molecule has 4 nitrogen and oxygen atoms in total. The molecule has 21 heavy (non-hydrogen) atoms. The molecule has 116 valence electrons. The highest BCUT2D eigenvalue weighted by molar-refractivity contribution is 5.68. The van der Waals surface area contributed by atoms with Gasteiger partial charge in [-0.05, 0) is 64.7 Å². The molecule has 2 atom stereocenters. The Morgan fingerprint density at radius 1 is 1.24 bits per heavy atom. The molecular formula is C17H26N2O2. The zero-order valence-electron chi connectivity index (χ0n) is 13.4. The van der Waals surface area contributed by atoms with E-state index >= 15 is 0 Å². The predicted molar refractivity (Wildman–Crippen MR) is 85.6 cm³/mol. The summed E-state index contributed by atoms with van der Waals surface area (Å²) in [6.07, 6.45) is 2.67. The average Bonchev–Trinajstić information content (AvgIpc) is 2.73. The smallest absolute Gasteiger partial charge is 0.407 e. The molecule has 0 radical (unpaired) electrons. The van der Waals surface area contributed by atoms with Gasteiger partial charge in [0.1, 0.15) is 5.60 Å². The van der Waals surface area contributed by atoms with Gasteiger partial charge in [-0.2, -0.15) is 0 Å². The second-order valence-corrected chi connectivity index (χ2v) is 6.87. The second kappa shape index (κ2) is 6.37. The minimum absolute atomic E-state index is 0.196. The molecule has 1 aliphatic carbocycles. The largest absolute Gasteiger partial charge is 0.444 e. The summed E-state index contributed by atoms with van der Waals surface area (Å²) >= 11 is 0. The normalized spacial score (nSPS) is 21.9. The summed E-state index contributed by atoms with van der Waals surface area (Å²) in [4.78, 5) is 11.8. The summed E-state index contributed by atoms with van der Waals surface area (Å²) in [5, 5.41) is 6.50. The average molecular weight is 290 g/mol. The first kappa shape index (κ1) is 15.7. The first-order valence-corrected chi connectivity index (χ1v) is 7.64. The summed E-state index contributed by atoms with van der Waals surface area (Å²) in [5.74, 6) is 0. The molecule has 1 aliphatic rings. The molecule has 1 fully saturated rings. The first-order chi connectivity index (χ1) is 9.82. The predicted octanol–water partition coefficient (Wildman–Crippen LogP) is 3.85. The number of nitrogens with one attached hydrogen (secondary N) is 2. The van der Waals surface area contributed by atoms with Crippen molar-refractivity contribution in [2.45, 2.75) is 64.6 Å². The van der Waals surface area contributed by atoms with Crippen LogP contribution in [0.4, 0.5) is 10.5 Å². The van der Waals surface area contributed by atoms with Crippen molar-refractivity contribution in [1.29, 1.82) is 0 Å². The molecular weight excluding hydrogens is 264 g/mol. The fraction of sp³-hybridized carbons (Fsp3) is 0.588. The number of aryl methyl sites for hydroxylation is 1. The third-order valence-electron chi connectivity index (χ3n) is 3.54. The lowest BCUT2D eigenvalue weighted by molar-refractivity contribution is 0.0505. The van der Waals surface area contributed by atoms with Crippen LogP contribution in [-0.4, -0.2) is 23.8 Å². The zero-order valence-corrected chi connectivity index (χ0v) is 13.4. The molecule has 0 aliphatic heterocycles. The summed E-state index contributed by atoms with van der Waals surface area (Å²) in [6, 6.07) is 8.99. The lowest BCUT2D eigenvalue weighted by Crippen LogP contribution is -2.38. The number of benzene rings is 1. The van der Waals surface area contributed by atoms with E-state index in [-0.39, 0.29) is 12.1 Å². The van der Waals surface area contributed by atoms with Gasteiger partial charge in [0.2, 0.25) is 0 Å². The second-order valence-electron chi connectivity index (χ2n) is 6.87. The van der Waals surface area contributed by atoms with Crippen molar-refractivity contribution in [3.8, 4) is 0 Å². The van der Waals surface area contributed by atoms with Crippen LogP contribution in [-0.2, 0) is 4.74 Å². The van der Waals surface area contributed by atoms with Crippen LogP contribution in [0.3, 0.4) is 0 Å². The van der Waals surface area contributed by atoms with E-state index in [1.807, 2.05) is 20.8 Å². The third kappa shape index (κ3) is 5.29. The quantitative estimate of drug-likeness (QED) is 0.889. The van der Waals surface area contributed by atoms with Crippen molar-refractivity contribution >= 4 is 11.8 Å². The van der Waals surface area contributed by atoms with Gasteiger partial charge in [-0.1, -0.05) is 12.1 Å². The van der Waals surface area contributed by atoms with E-state index in [0.717, 1.165) is 24.9 Å². The van der Waals surface area contributed by atoms with Crippen LogP contribution in [0, 0.1) is 6.92 Å². The standard InChI is InChI=1S/C17H26N2O2/c1-12-6-5-7-13(10-12)18-14-8-9-15(11-14)19-16(20)21-17(2,3)4/h5-7,10,14-15,18H,8-9,11H2,1-4H3,(H,19,20). The van der Waals surface area contributed by atoms with Crippen molar-refractivity contribution in [2.75, 3.05) is 5.32 Å². The SMILES string of the molecule is Cc1cccc(NC2CCC(NC(=O)OC(C)(C)C)C2)c1. The number of anilines is 1. The van der Waals surface area contributed by atoms with E-state index in [4.69, 9.17) is 4.74 Å².